The Labute approximate surface area is 156 Å². The number of carbonyl (C=O) groups is 1. The summed E-state index contributed by atoms with van der Waals surface area (Å²) in [7, 11) is 0. The molecule has 0 spiro atoms. The van der Waals surface area contributed by atoms with E-state index in [2.05, 4.69) is 25.3 Å². The van der Waals surface area contributed by atoms with Gasteiger partial charge in [0, 0.05) is 12.8 Å². The molecule has 0 heterocycles. The lowest BCUT2D eigenvalue weighted by Gasteiger charge is -2.06. The monoisotopic (exact) mass is 350 g/mol. The van der Waals surface area contributed by atoms with Crippen molar-refractivity contribution in [1.29, 1.82) is 0 Å². The number of hydrogen-bond acceptors (Lipinski definition) is 3. The Morgan fingerprint density at radius 3 is 1.69 bits per heavy atom. The molecule has 0 unspecified atom stereocenters. The van der Waals surface area contributed by atoms with Crippen molar-refractivity contribution in [3.05, 3.63) is 85.3 Å². The summed E-state index contributed by atoms with van der Waals surface area (Å²) in [6.45, 7) is 7.11. The number of ether oxygens (including phenoxy) is 2. The van der Waals surface area contributed by atoms with E-state index in [1.165, 1.54) is 23.7 Å². The van der Waals surface area contributed by atoms with Gasteiger partial charge < -0.3 is 9.47 Å². The molecule has 3 nitrogen and oxygen atoms in total. The first-order valence-electron chi connectivity index (χ1n) is 8.96. The lowest BCUT2D eigenvalue weighted by Crippen LogP contribution is -2.00. The molecule has 2 aromatic carbocycles. The highest BCUT2D eigenvalue weighted by atomic mass is 16.5. The lowest BCUT2D eigenvalue weighted by atomic mass is 10.0. The van der Waals surface area contributed by atoms with Crippen molar-refractivity contribution >= 4 is 5.78 Å². The van der Waals surface area contributed by atoms with Gasteiger partial charge in [-0.05, 0) is 61.1 Å². The van der Waals surface area contributed by atoms with Crippen molar-refractivity contribution < 1.29 is 14.3 Å². The Morgan fingerprint density at radius 2 is 1.27 bits per heavy atom. The summed E-state index contributed by atoms with van der Waals surface area (Å²) in [5, 5.41) is 0. The molecule has 0 atom stereocenters. The first-order valence-corrected chi connectivity index (χ1v) is 8.96. The molecule has 0 N–H and O–H groups in total. The van der Waals surface area contributed by atoms with Gasteiger partial charge in [-0.1, -0.05) is 37.4 Å². The van der Waals surface area contributed by atoms with E-state index in [4.69, 9.17) is 9.47 Å². The van der Waals surface area contributed by atoms with Gasteiger partial charge in [0.15, 0.2) is 0 Å². The van der Waals surface area contributed by atoms with Crippen LogP contribution in [0.15, 0.2) is 74.2 Å². The normalized spacial score (nSPS) is 10.2. The Balaban J connectivity index is 1.67. The molecule has 0 amide bonds. The van der Waals surface area contributed by atoms with E-state index >= 15 is 0 Å². The van der Waals surface area contributed by atoms with Crippen LogP contribution >= 0.6 is 0 Å². The number of carbonyl (C=O) groups excluding carboxylic acids is 1. The summed E-state index contributed by atoms with van der Waals surface area (Å²) in [5.41, 5.74) is 2.35. The van der Waals surface area contributed by atoms with E-state index < -0.39 is 0 Å². The van der Waals surface area contributed by atoms with Crippen molar-refractivity contribution in [3.63, 3.8) is 0 Å². The fourth-order valence-corrected chi connectivity index (χ4v) is 2.85. The van der Waals surface area contributed by atoms with Gasteiger partial charge in [-0.2, -0.15) is 0 Å². The first kappa shape index (κ1) is 19.5. The van der Waals surface area contributed by atoms with Crippen molar-refractivity contribution in [3.8, 4) is 11.5 Å². The molecule has 0 bridgehead atoms. The third kappa shape index (κ3) is 6.98. The topological polar surface area (TPSA) is 35.5 Å². The van der Waals surface area contributed by atoms with Gasteiger partial charge in [-0.3, -0.25) is 4.79 Å². The molecular formula is C23H26O3. The van der Waals surface area contributed by atoms with E-state index in [9.17, 15) is 4.79 Å². The van der Waals surface area contributed by atoms with Crippen LogP contribution in [0, 0.1) is 0 Å². The van der Waals surface area contributed by atoms with Gasteiger partial charge in [0.05, 0.1) is 12.5 Å². The molecular weight excluding hydrogens is 324 g/mol. The average molecular weight is 350 g/mol. The van der Waals surface area contributed by atoms with E-state index in [0.717, 1.165) is 37.2 Å². The second kappa shape index (κ2) is 10.9. The van der Waals surface area contributed by atoms with Crippen LogP contribution in [-0.2, 0) is 17.6 Å². The summed E-state index contributed by atoms with van der Waals surface area (Å²) >= 11 is 0. The van der Waals surface area contributed by atoms with Gasteiger partial charge in [0.1, 0.15) is 17.3 Å². The van der Waals surface area contributed by atoms with Gasteiger partial charge >= 0.3 is 0 Å². The van der Waals surface area contributed by atoms with Crippen LogP contribution in [0.4, 0.5) is 0 Å². The Morgan fingerprint density at radius 1 is 0.808 bits per heavy atom. The minimum Gasteiger partial charge on any atom is -0.466 e. The Bertz CT molecular complexity index is 672. The highest BCUT2D eigenvalue weighted by Crippen LogP contribution is 2.17. The molecule has 3 heteroatoms. The molecule has 26 heavy (non-hydrogen) atoms. The van der Waals surface area contributed by atoms with Gasteiger partial charge in [0.2, 0.25) is 0 Å². The fourth-order valence-electron chi connectivity index (χ4n) is 2.85. The maximum absolute atomic E-state index is 12.1. The molecule has 136 valence electrons. The van der Waals surface area contributed by atoms with Gasteiger partial charge in [-0.25, -0.2) is 0 Å². The number of rotatable bonds is 12. The number of Topliss-reactive ketones (excluding diaryl/α,β-unsaturated/α-hetero) is 1. The number of hydrogen-bond donors (Lipinski definition) is 0. The van der Waals surface area contributed by atoms with Crippen molar-refractivity contribution in [2.75, 3.05) is 0 Å². The van der Waals surface area contributed by atoms with Crippen molar-refractivity contribution in [1.82, 2.24) is 0 Å². The molecule has 0 radical (unpaired) electrons. The summed E-state index contributed by atoms with van der Waals surface area (Å²) in [6, 6.07) is 15.8. The third-order valence-electron chi connectivity index (χ3n) is 4.08. The summed E-state index contributed by atoms with van der Waals surface area (Å²) in [6.07, 6.45) is 7.54. The Hall–Kier alpha value is -2.81. The highest BCUT2D eigenvalue weighted by molar-refractivity contribution is 5.78. The van der Waals surface area contributed by atoms with Crippen LogP contribution in [0.3, 0.4) is 0 Å². The highest BCUT2D eigenvalue weighted by Gasteiger charge is 2.04. The van der Waals surface area contributed by atoms with Crippen LogP contribution in [0.5, 0.6) is 11.5 Å². The van der Waals surface area contributed by atoms with Crippen LogP contribution < -0.4 is 9.47 Å². The molecule has 0 aliphatic carbocycles. The molecule has 0 fully saturated rings. The maximum atomic E-state index is 12.1. The maximum Gasteiger partial charge on any atom is 0.132 e. The second-order valence-corrected chi connectivity index (χ2v) is 6.11. The minimum absolute atomic E-state index is 0.321. The van der Waals surface area contributed by atoms with E-state index in [1.807, 2.05) is 36.4 Å². The SMILES string of the molecule is C=COc1cccc(CCCC(=O)CCCc2cccc(OC=C)c2)c1. The average Bonchev–Trinajstić information content (AvgIpc) is 2.63. The van der Waals surface area contributed by atoms with Crippen LogP contribution in [0.1, 0.15) is 36.8 Å². The third-order valence-corrected chi connectivity index (χ3v) is 4.08. The fraction of sp³-hybridized carbons (Fsp3) is 0.261. The molecule has 0 aromatic heterocycles. The Kier molecular flexibility index (Phi) is 8.20. The van der Waals surface area contributed by atoms with Crippen LogP contribution in [-0.4, -0.2) is 5.78 Å². The summed E-state index contributed by atoms with van der Waals surface area (Å²) in [5.74, 6) is 1.89. The van der Waals surface area contributed by atoms with Gasteiger partial charge in [-0.15, -0.1) is 0 Å². The van der Waals surface area contributed by atoms with Crippen molar-refractivity contribution in [2.24, 2.45) is 0 Å². The zero-order chi connectivity index (χ0) is 18.6. The molecule has 0 saturated carbocycles. The smallest absolute Gasteiger partial charge is 0.132 e. The van der Waals surface area contributed by atoms with Crippen molar-refractivity contribution in [2.45, 2.75) is 38.5 Å². The minimum atomic E-state index is 0.321. The second-order valence-electron chi connectivity index (χ2n) is 6.11. The molecule has 0 aliphatic rings. The first-order chi connectivity index (χ1) is 12.7. The van der Waals surface area contributed by atoms with Crippen LogP contribution in [0.25, 0.3) is 0 Å². The summed E-state index contributed by atoms with van der Waals surface area (Å²) in [4.78, 5) is 12.1. The number of aryl methyl sites for hydroxylation is 2. The molecule has 0 saturated heterocycles. The zero-order valence-electron chi connectivity index (χ0n) is 15.2. The quantitative estimate of drug-likeness (QED) is 0.464. The van der Waals surface area contributed by atoms with E-state index in [1.54, 1.807) is 0 Å². The largest absolute Gasteiger partial charge is 0.466 e. The van der Waals surface area contributed by atoms with E-state index in [0.29, 0.717) is 18.6 Å². The number of benzene rings is 2. The molecule has 2 aromatic rings. The lowest BCUT2D eigenvalue weighted by molar-refractivity contribution is -0.119. The molecule has 0 aliphatic heterocycles. The van der Waals surface area contributed by atoms with Crippen LogP contribution in [0.2, 0.25) is 0 Å². The predicted octanol–water partition coefficient (Wildman–Crippen LogP) is 5.65. The zero-order valence-corrected chi connectivity index (χ0v) is 15.2. The van der Waals surface area contributed by atoms with E-state index in [-0.39, 0.29) is 0 Å². The predicted molar refractivity (Wildman–Crippen MR) is 105 cm³/mol. The molecule has 2 rings (SSSR count). The van der Waals surface area contributed by atoms with Gasteiger partial charge in [0.25, 0.3) is 0 Å². The number of ketones is 1. The standard InChI is InChI=1S/C23H26O3/c1-3-25-22-15-7-11-19(17-22)9-5-13-21(24)14-6-10-20-12-8-16-23(18-20)26-4-2/h3-4,7-8,11-12,15-18H,1-2,5-6,9-10,13-14H2. The summed E-state index contributed by atoms with van der Waals surface area (Å²) < 4.78 is 10.6.